The SMILES string of the molecule is CCCNC(c1ccc(OC)cc1)c1ncccc1C. The third-order valence-electron chi connectivity index (χ3n) is 3.37. The van der Waals surface area contributed by atoms with Crippen molar-refractivity contribution in [3.63, 3.8) is 0 Å². The Labute approximate surface area is 121 Å². The lowest BCUT2D eigenvalue weighted by atomic mass is 9.99. The van der Waals surface area contributed by atoms with Crippen molar-refractivity contribution in [1.29, 1.82) is 0 Å². The molecule has 106 valence electrons. The highest BCUT2D eigenvalue weighted by atomic mass is 16.5. The number of hydrogen-bond acceptors (Lipinski definition) is 3. The average Bonchev–Trinajstić information content (AvgIpc) is 2.50. The zero-order chi connectivity index (χ0) is 14.4. The Kier molecular flexibility index (Phi) is 5.13. The number of methoxy groups -OCH3 is 1. The molecule has 3 heteroatoms. The van der Waals surface area contributed by atoms with Crippen molar-refractivity contribution in [3.05, 3.63) is 59.4 Å². The molecule has 0 fully saturated rings. The highest BCUT2D eigenvalue weighted by Gasteiger charge is 2.16. The standard InChI is InChI=1S/C17H22N2O/c1-4-11-18-17(16-13(2)6-5-12-19-16)14-7-9-15(20-3)10-8-14/h5-10,12,17-18H,4,11H2,1-3H3. The summed E-state index contributed by atoms with van der Waals surface area (Å²) in [5, 5.41) is 3.58. The molecule has 0 radical (unpaired) electrons. The molecule has 0 spiro atoms. The molecule has 0 saturated carbocycles. The topological polar surface area (TPSA) is 34.1 Å². The maximum absolute atomic E-state index is 5.22. The Morgan fingerprint density at radius 3 is 2.55 bits per heavy atom. The zero-order valence-electron chi connectivity index (χ0n) is 12.4. The molecule has 0 aliphatic carbocycles. The van der Waals surface area contributed by atoms with Gasteiger partial charge in [0.1, 0.15) is 5.75 Å². The van der Waals surface area contributed by atoms with Gasteiger partial charge in [0.15, 0.2) is 0 Å². The molecule has 1 aromatic carbocycles. The summed E-state index contributed by atoms with van der Waals surface area (Å²) in [6, 6.07) is 12.4. The Balaban J connectivity index is 2.33. The molecule has 0 saturated heterocycles. The fraction of sp³-hybridized carbons (Fsp3) is 0.353. The number of aromatic nitrogens is 1. The van der Waals surface area contributed by atoms with Gasteiger partial charge < -0.3 is 10.1 Å². The van der Waals surface area contributed by atoms with Crippen molar-refractivity contribution in [2.24, 2.45) is 0 Å². The van der Waals surface area contributed by atoms with Crippen LogP contribution in [0.1, 0.15) is 36.2 Å². The molecule has 1 atom stereocenters. The highest BCUT2D eigenvalue weighted by molar-refractivity contribution is 5.35. The van der Waals surface area contributed by atoms with Crippen molar-refractivity contribution in [1.82, 2.24) is 10.3 Å². The molecule has 0 bridgehead atoms. The summed E-state index contributed by atoms with van der Waals surface area (Å²) >= 11 is 0. The molecule has 0 aliphatic heterocycles. The van der Waals surface area contributed by atoms with E-state index in [1.165, 1.54) is 11.1 Å². The van der Waals surface area contributed by atoms with E-state index in [-0.39, 0.29) is 6.04 Å². The first-order valence-electron chi connectivity index (χ1n) is 7.05. The third-order valence-corrected chi connectivity index (χ3v) is 3.37. The number of ether oxygens (including phenoxy) is 1. The van der Waals surface area contributed by atoms with E-state index in [0.717, 1.165) is 24.4 Å². The van der Waals surface area contributed by atoms with Gasteiger partial charge in [0.25, 0.3) is 0 Å². The van der Waals surface area contributed by atoms with Gasteiger partial charge in [-0.3, -0.25) is 4.98 Å². The minimum absolute atomic E-state index is 0.127. The summed E-state index contributed by atoms with van der Waals surface area (Å²) < 4.78 is 5.22. The second-order valence-corrected chi connectivity index (χ2v) is 4.87. The Morgan fingerprint density at radius 2 is 1.95 bits per heavy atom. The zero-order valence-corrected chi connectivity index (χ0v) is 12.4. The summed E-state index contributed by atoms with van der Waals surface area (Å²) in [5.41, 5.74) is 3.50. The first-order valence-corrected chi connectivity index (χ1v) is 7.05. The predicted molar refractivity (Wildman–Crippen MR) is 82.1 cm³/mol. The largest absolute Gasteiger partial charge is 0.497 e. The van der Waals surface area contributed by atoms with Crippen LogP contribution in [0.25, 0.3) is 0 Å². The molecule has 3 nitrogen and oxygen atoms in total. The van der Waals surface area contributed by atoms with Gasteiger partial charge >= 0.3 is 0 Å². The van der Waals surface area contributed by atoms with Gasteiger partial charge in [-0.25, -0.2) is 0 Å². The van der Waals surface area contributed by atoms with Crippen LogP contribution in [0.15, 0.2) is 42.6 Å². The summed E-state index contributed by atoms with van der Waals surface area (Å²) in [4.78, 5) is 4.56. The molecule has 2 aromatic rings. The lowest BCUT2D eigenvalue weighted by Crippen LogP contribution is -2.24. The number of aryl methyl sites for hydroxylation is 1. The summed E-state index contributed by atoms with van der Waals surface area (Å²) in [5.74, 6) is 0.876. The van der Waals surface area contributed by atoms with Crippen molar-refractivity contribution < 1.29 is 4.74 Å². The van der Waals surface area contributed by atoms with E-state index >= 15 is 0 Å². The highest BCUT2D eigenvalue weighted by Crippen LogP contribution is 2.24. The molecule has 1 N–H and O–H groups in total. The third kappa shape index (κ3) is 3.36. The van der Waals surface area contributed by atoms with E-state index < -0.39 is 0 Å². The van der Waals surface area contributed by atoms with Crippen LogP contribution >= 0.6 is 0 Å². The molecular weight excluding hydrogens is 248 g/mol. The molecule has 0 aliphatic rings. The van der Waals surface area contributed by atoms with E-state index in [4.69, 9.17) is 4.74 Å². The van der Waals surface area contributed by atoms with Crippen LogP contribution in [0.2, 0.25) is 0 Å². The number of benzene rings is 1. The van der Waals surface area contributed by atoms with Gasteiger partial charge in [0.2, 0.25) is 0 Å². The van der Waals surface area contributed by atoms with E-state index in [1.807, 2.05) is 24.4 Å². The van der Waals surface area contributed by atoms with Crippen LogP contribution in [0.4, 0.5) is 0 Å². The molecule has 1 heterocycles. The number of hydrogen-bond donors (Lipinski definition) is 1. The molecule has 0 amide bonds. The van der Waals surface area contributed by atoms with Crippen molar-refractivity contribution in [3.8, 4) is 5.75 Å². The fourth-order valence-corrected chi connectivity index (χ4v) is 2.26. The second-order valence-electron chi connectivity index (χ2n) is 4.87. The average molecular weight is 270 g/mol. The lowest BCUT2D eigenvalue weighted by Gasteiger charge is -2.20. The molecule has 1 unspecified atom stereocenters. The first-order chi connectivity index (χ1) is 9.76. The summed E-state index contributed by atoms with van der Waals surface area (Å²) in [6.07, 6.45) is 2.95. The first kappa shape index (κ1) is 14.5. The summed E-state index contributed by atoms with van der Waals surface area (Å²) in [6.45, 7) is 5.24. The van der Waals surface area contributed by atoms with Crippen LogP contribution in [0.3, 0.4) is 0 Å². The van der Waals surface area contributed by atoms with Crippen molar-refractivity contribution in [2.45, 2.75) is 26.3 Å². The maximum atomic E-state index is 5.22. The molecule has 2 rings (SSSR count). The van der Waals surface area contributed by atoms with Gasteiger partial charge in [-0.15, -0.1) is 0 Å². The Morgan fingerprint density at radius 1 is 1.20 bits per heavy atom. The van der Waals surface area contributed by atoms with E-state index in [1.54, 1.807) is 7.11 Å². The van der Waals surface area contributed by atoms with Gasteiger partial charge in [0.05, 0.1) is 18.8 Å². The quantitative estimate of drug-likeness (QED) is 0.872. The van der Waals surface area contributed by atoms with Crippen LogP contribution in [-0.4, -0.2) is 18.6 Å². The lowest BCUT2D eigenvalue weighted by molar-refractivity contribution is 0.414. The normalized spacial score (nSPS) is 12.2. The predicted octanol–water partition coefficient (Wildman–Crippen LogP) is 3.49. The van der Waals surface area contributed by atoms with Gasteiger partial charge in [-0.2, -0.15) is 0 Å². The Bertz CT molecular complexity index is 537. The van der Waals surface area contributed by atoms with Gasteiger partial charge in [-0.05, 0) is 49.2 Å². The maximum Gasteiger partial charge on any atom is 0.118 e. The van der Waals surface area contributed by atoms with Gasteiger partial charge in [0, 0.05) is 6.20 Å². The molecule has 20 heavy (non-hydrogen) atoms. The smallest absolute Gasteiger partial charge is 0.118 e. The Hall–Kier alpha value is -1.87. The molecule has 1 aromatic heterocycles. The fourth-order valence-electron chi connectivity index (χ4n) is 2.26. The van der Waals surface area contributed by atoms with E-state index in [0.29, 0.717) is 0 Å². The van der Waals surface area contributed by atoms with Crippen LogP contribution < -0.4 is 10.1 Å². The second kappa shape index (κ2) is 7.06. The minimum atomic E-state index is 0.127. The number of rotatable bonds is 6. The van der Waals surface area contributed by atoms with Gasteiger partial charge in [-0.1, -0.05) is 25.1 Å². The van der Waals surface area contributed by atoms with E-state index in [2.05, 4.69) is 42.3 Å². The number of nitrogens with one attached hydrogen (secondary N) is 1. The number of pyridine rings is 1. The van der Waals surface area contributed by atoms with Crippen LogP contribution in [0.5, 0.6) is 5.75 Å². The van der Waals surface area contributed by atoms with Crippen molar-refractivity contribution in [2.75, 3.05) is 13.7 Å². The number of nitrogens with zero attached hydrogens (tertiary/aromatic N) is 1. The van der Waals surface area contributed by atoms with Crippen LogP contribution in [-0.2, 0) is 0 Å². The van der Waals surface area contributed by atoms with E-state index in [9.17, 15) is 0 Å². The molecular formula is C17H22N2O. The minimum Gasteiger partial charge on any atom is -0.497 e. The van der Waals surface area contributed by atoms with Crippen LogP contribution in [0, 0.1) is 6.92 Å². The summed E-state index contributed by atoms with van der Waals surface area (Å²) in [7, 11) is 1.69. The van der Waals surface area contributed by atoms with Crippen molar-refractivity contribution >= 4 is 0 Å². The monoisotopic (exact) mass is 270 g/mol.